The van der Waals surface area contributed by atoms with Crippen LogP contribution < -0.4 is 0 Å². The number of halogens is 1. The Labute approximate surface area is 120 Å². The molecule has 3 rings (SSSR count). The molecule has 0 bridgehead atoms. The highest BCUT2D eigenvalue weighted by molar-refractivity contribution is 5.94. The van der Waals surface area contributed by atoms with Crippen molar-refractivity contribution >= 4 is 16.9 Å². The summed E-state index contributed by atoms with van der Waals surface area (Å²) < 4.78 is 19.6. The first-order valence-electron chi connectivity index (χ1n) is 6.30. The first-order chi connectivity index (χ1) is 10.2. The lowest BCUT2D eigenvalue weighted by atomic mass is 10.1. The molecule has 5 nitrogen and oxygen atoms in total. The fourth-order valence-corrected chi connectivity index (χ4v) is 2.17. The summed E-state index contributed by atoms with van der Waals surface area (Å²) in [4.78, 5) is 15.3. The lowest BCUT2D eigenvalue weighted by Crippen LogP contribution is -2.03. The SMILES string of the molecule is COC(=O)c1ccc2c(cnn2Cc2cncc(F)c2)c1. The average molecular weight is 285 g/mol. The highest BCUT2D eigenvalue weighted by Gasteiger charge is 2.09. The maximum atomic E-state index is 13.1. The van der Waals surface area contributed by atoms with Crippen LogP contribution in [0.3, 0.4) is 0 Å². The Kier molecular flexibility index (Phi) is 3.35. The van der Waals surface area contributed by atoms with Gasteiger partial charge in [0.25, 0.3) is 0 Å². The van der Waals surface area contributed by atoms with Gasteiger partial charge in [0.2, 0.25) is 0 Å². The van der Waals surface area contributed by atoms with Crippen LogP contribution in [0.1, 0.15) is 15.9 Å². The summed E-state index contributed by atoms with van der Waals surface area (Å²) in [5.74, 6) is -0.768. The average Bonchev–Trinajstić information content (AvgIpc) is 2.89. The quantitative estimate of drug-likeness (QED) is 0.693. The van der Waals surface area contributed by atoms with Crippen molar-refractivity contribution in [3.05, 3.63) is 59.8 Å². The van der Waals surface area contributed by atoms with Crippen LogP contribution in [0.2, 0.25) is 0 Å². The minimum absolute atomic E-state index is 0.378. The lowest BCUT2D eigenvalue weighted by Gasteiger charge is -2.04. The third kappa shape index (κ3) is 2.60. The van der Waals surface area contributed by atoms with E-state index in [2.05, 4.69) is 14.8 Å². The number of ether oxygens (including phenoxy) is 1. The van der Waals surface area contributed by atoms with Gasteiger partial charge in [0, 0.05) is 11.6 Å². The first-order valence-corrected chi connectivity index (χ1v) is 6.30. The van der Waals surface area contributed by atoms with E-state index >= 15 is 0 Å². The molecule has 2 aromatic heterocycles. The first kappa shape index (κ1) is 13.2. The molecule has 6 heteroatoms. The molecule has 0 N–H and O–H groups in total. The van der Waals surface area contributed by atoms with Crippen molar-refractivity contribution < 1.29 is 13.9 Å². The van der Waals surface area contributed by atoms with Gasteiger partial charge in [-0.3, -0.25) is 9.67 Å². The molecule has 2 heterocycles. The van der Waals surface area contributed by atoms with Crippen LogP contribution in [0.25, 0.3) is 10.9 Å². The van der Waals surface area contributed by atoms with Crippen molar-refractivity contribution in [1.82, 2.24) is 14.8 Å². The van der Waals surface area contributed by atoms with E-state index in [1.165, 1.54) is 13.2 Å². The summed E-state index contributed by atoms with van der Waals surface area (Å²) in [6, 6.07) is 6.61. The number of rotatable bonds is 3. The summed E-state index contributed by atoms with van der Waals surface area (Å²) in [7, 11) is 1.34. The number of methoxy groups -OCH3 is 1. The molecule has 0 aliphatic rings. The topological polar surface area (TPSA) is 57.0 Å². The van der Waals surface area contributed by atoms with E-state index < -0.39 is 0 Å². The van der Waals surface area contributed by atoms with Gasteiger partial charge in [0.05, 0.1) is 37.1 Å². The van der Waals surface area contributed by atoms with Gasteiger partial charge in [0.15, 0.2) is 0 Å². The van der Waals surface area contributed by atoms with E-state index in [4.69, 9.17) is 0 Å². The Hall–Kier alpha value is -2.76. The predicted molar refractivity (Wildman–Crippen MR) is 74.4 cm³/mol. The zero-order valence-electron chi connectivity index (χ0n) is 11.3. The summed E-state index contributed by atoms with van der Waals surface area (Å²) in [5, 5.41) is 5.08. The number of esters is 1. The molecule has 0 atom stereocenters. The van der Waals surface area contributed by atoms with Crippen LogP contribution >= 0.6 is 0 Å². The van der Waals surface area contributed by atoms with Crippen molar-refractivity contribution in [2.45, 2.75) is 6.54 Å². The molecule has 106 valence electrons. The van der Waals surface area contributed by atoms with E-state index in [1.807, 2.05) is 0 Å². The highest BCUT2D eigenvalue weighted by Crippen LogP contribution is 2.17. The monoisotopic (exact) mass is 285 g/mol. The third-order valence-electron chi connectivity index (χ3n) is 3.16. The minimum Gasteiger partial charge on any atom is -0.465 e. The number of aromatic nitrogens is 3. The number of hydrogen-bond acceptors (Lipinski definition) is 4. The smallest absolute Gasteiger partial charge is 0.337 e. The number of carbonyl (C=O) groups is 1. The molecule has 0 saturated carbocycles. The zero-order valence-corrected chi connectivity index (χ0v) is 11.3. The molecule has 0 aliphatic heterocycles. The van der Waals surface area contributed by atoms with Gasteiger partial charge in [-0.2, -0.15) is 5.10 Å². The van der Waals surface area contributed by atoms with E-state index in [0.717, 1.165) is 22.7 Å². The summed E-state index contributed by atoms with van der Waals surface area (Å²) in [6.07, 6.45) is 4.42. The second-order valence-corrected chi connectivity index (χ2v) is 4.58. The van der Waals surface area contributed by atoms with Crippen LogP contribution in [0.15, 0.2) is 42.9 Å². The zero-order chi connectivity index (χ0) is 14.8. The van der Waals surface area contributed by atoms with Crippen molar-refractivity contribution in [3.63, 3.8) is 0 Å². The van der Waals surface area contributed by atoms with Gasteiger partial charge in [0.1, 0.15) is 5.82 Å². The number of carbonyl (C=O) groups excluding carboxylic acids is 1. The molecule has 0 amide bonds. The van der Waals surface area contributed by atoms with E-state index in [-0.39, 0.29) is 11.8 Å². The van der Waals surface area contributed by atoms with Crippen LogP contribution in [0.4, 0.5) is 4.39 Å². The van der Waals surface area contributed by atoms with Crippen LogP contribution in [-0.2, 0) is 11.3 Å². The van der Waals surface area contributed by atoms with Crippen molar-refractivity contribution in [1.29, 1.82) is 0 Å². The molecule has 1 aromatic carbocycles. The predicted octanol–water partition coefficient (Wildman–Crippen LogP) is 2.41. The molecule has 0 fully saturated rings. The Morgan fingerprint density at radius 1 is 1.29 bits per heavy atom. The molecule has 0 aliphatic carbocycles. The lowest BCUT2D eigenvalue weighted by molar-refractivity contribution is 0.0601. The summed E-state index contributed by atoms with van der Waals surface area (Å²) in [6.45, 7) is 0.409. The Balaban J connectivity index is 1.95. The van der Waals surface area contributed by atoms with Gasteiger partial charge in [-0.1, -0.05) is 0 Å². The maximum absolute atomic E-state index is 13.1. The van der Waals surface area contributed by atoms with E-state index in [9.17, 15) is 9.18 Å². The number of benzene rings is 1. The summed E-state index contributed by atoms with van der Waals surface area (Å²) in [5.41, 5.74) is 2.04. The van der Waals surface area contributed by atoms with Gasteiger partial charge < -0.3 is 4.74 Å². The molecule has 0 radical (unpaired) electrons. The standard InChI is InChI=1S/C15H12FN3O2/c1-21-15(20)11-2-3-14-12(5-11)7-18-19(14)9-10-4-13(16)8-17-6-10/h2-8H,9H2,1H3. The third-order valence-corrected chi connectivity index (χ3v) is 3.16. The van der Waals surface area contributed by atoms with Crippen LogP contribution in [0.5, 0.6) is 0 Å². The second-order valence-electron chi connectivity index (χ2n) is 4.58. The normalized spacial score (nSPS) is 10.8. The Bertz CT molecular complexity index is 814. The Morgan fingerprint density at radius 2 is 2.14 bits per heavy atom. The molecular formula is C15H12FN3O2. The van der Waals surface area contributed by atoms with Gasteiger partial charge in [-0.05, 0) is 29.8 Å². The molecule has 3 aromatic rings. The van der Waals surface area contributed by atoms with Crippen molar-refractivity contribution in [2.75, 3.05) is 7.11 Å². The fraction of sp³-hybridized carbons (Fsp3) is 0.133. The fourth-order valence-electron chi connectivity index (χ4n) is 2.17. The van der Waals surface area contributed by atoms with Gasteiger partial charge in [-0.15, -0.1) is 0 Å². The Morgan fingerprint density at radius 3 is 2.90 bits per heavy atom. The van der Waals surface area contributed by atoms with Gasteiger partial charge >= 0.3 is 5.97 Å². The number of fused-ring (bicyclic) bond motifs is 1. The van der Waals surface area contributed by atoms with E-state index in [0.29, 0.717) is 12.1 Å². The molecule has 0 saturated heterocycles. The number of pyridine rings is 1. The summed E-state index contributed by atoms with van der Waals surface area (Å²) >= 11 is 0. The van der Waals surface area contributed by atoms with Crippen molar-refractivity contribution in [2.24, 2.45) is 0 Å². The molecule has 21 heavy (non-hydrogen) atoms. The minimum atomic E-state index is -0.390. The van der Waals surface area contributed by atoms with Gasteiger partial charge in [-0.25, -0.2) is 9.18 Å². The molecule has 0 unspecified atom stereocenters. The van der Waals surface area contributed by atoms with Crippen LogP contribution in [0, 0.1) is 5.82 Å². The number of nitrogens with zero attached hydrogens (tertiary/aromatic N) is 3. The van der Waals surface area contributed by atoms with Crippen LogP contribution in [-0.4, -0.2) is 27.8 Å². The number of hydrogen-bond donors (Lipinski definition) is 0. The molecular weight excluding hydrogens is 273 g/mol. The highest BCUT2D eigenvalue weighted by atomic mass is 19.1. The van der Waals surface area contributed by atoms with E-state index in [1.54, 1.807) is 35.3 Å². The van der Waals surface area contributed by atoms with Crippen molar-refractivity contribution in [3.8, 4) is 0 Å². The second kappa shape index (κ2) is 5.32. The maximum Gasteiger partial charge on any atom is 0.337 e. The largest absolute Gasteiger partial charge is 0.465 e. The molecule has 0 spiro atoms.